The van der Waals surface area contributed by atoms with Crippen molar-refractivity contribution in [3.63, 3.8) is 0 Å². The van der Waals surface area contributed by atoms with Gasteiger partial charge in [-0.1, -0.05) is 51.2 Å². The molecule has 64 heavy (non-hydrogen) atoms. The minimum absolute atomic E-state index is 0.185. The third-order valence-electron chi connectivity index (χ3n) is 10.1. The van der Waals surface area contributed by atoms with Crippen molar-refractivity contribution in [2.45, 2.75) is 59.1 Å². The Bertz CT molecular complexity index is 2780. The van der Waals surface area contributed by atoms with Crippen molar-refractivity contribution in [1.82, 2.24) is 40.5 Å². The highest BCUT2D eigenvalue weighted by atomic mass is 32.2. The maximum Gasteiger partial charge on any atom is 0.251 e. The fourth-order valence-corrected chi connectivity index (χ4v) is 8.37. The molecule has 0 bridgehead atoms. The van der Waals surface area contributed by atoms with Crippen molar-refractivity contribution in [3.8, 4) is 0 Å². The first-order chi connectivity index (χ1) is 31.0. The van der Waals surface area contributed by atoms with Crippen LogP contribution in [0.4, 0.5) is 34.4 Å². The van der Waals surface area contributed by atoms with Crippen molar-refractivity contribution >= 4 is 91.8 Å². The van der Waals surface area contributed by atoms with Crippen molar-refractivity contribution < 1.29 is 9.59 Å². The summed E-state index contributed by atoms with van der Waals surface area (Å²) < 4.78 is 0. The van der Waals surface area contributed by atoms with E-state index in [2.05, 4.69) is 68.9 Å². The van der Waals surface area contributed by atoms with E-state index in [1.165, 1.54) is 36.2 Å². The fraction of sp³-hybridized carbons (Fsp3) is 0.167. The molecule has 4 heterocycles. The lowest BCUT2D eigenvalue weighted by atomic mass is 10.1. The summed E-state index contributed by atoms with van der Waals surface area (Å²) in [5, 5.41) is 14.3. The van der Waals surface area contributed by atoms with E-state index in [1.54, 1.807) is 24.3 Å². The Hall–Kier alpha value is -7.30. The molecule has 322 valence electrons. The van der Waals surface area contributed by atoms with E-state index < -0.39 is 0 Å². The predicted molar refractivity (Wildman–Crippen MR) is 257 cm³/mol. The third kappa shape index (κ3) is 10.3. The molecule has 0 saturated carbocycles. The number of carbonyl (C=O) groups excluding carboxylic acids is 2. The number of anilines is 6. The van der Waals surface area contributed by atoms with Crippen LogP contribution < -0.4 is 32.7 Å². The van der Waals surface area contributed by atoms with Crippen LogP contribution in [-0.2, 0) is 0 Å². The van der Waals surface area contributed by atoms with Gasteiger partial charge in [0, 0.05) is 66.6 Å². The van der Waals surface area contributed by atoms with Crippen molar-refractivity contribution in [2.75, 3.05) is 35.2 Å². The van der Waals surface area contributed by atoms with E-state index in [1.807, 2.05) is 84.9 Å². The van der Waals surface area contributed by atoms with E-state index in [0.717, 1.165) is 41.7 Å². The Morgan fingerprint density at radius 1 is 0.531 bits per heavy atom. The zero-order chi connectivity index (χ0) is 44.7. The normalized spacial score (nSPS) is 11.3. The molecule has 8 rings (SSSR count). The summed E-state index contributed by atoms with van der Waals surface area (Å²) in [5.41, 5.74) is 18.4. The number of nitrogens with one attached hydrogen (secondary N) is 4. The second-order valence-electron chi connectivity index (χ2n) is 15.5. The van der Waals surface area contributed by atoms with Crippen molar-refractivity contribution in [1.29, 1.82) is 0 Å². The summed E-state index contributed by atoms with van der Waals surface area (Å²) in [6.45, 7) is 8.70. The number of rotatable bonds is 15. The first-order valence-electron chi connectivity index (χ1n) is 20.7. The number of hydrogen-bond acceptors (Lipinski definition) is 14. The van der Waals surface area contributed by atoms with Crippen LogP contribution in [0.1, 0.15) is 71.6 Å². The van der Waals surface area contributed by atoms with Gasteiger partial charge in [-0.25, -0.2) is 29.9 Å². The molecular formula is C48H46N12O2S2. The molecular weight excluding hydrogens is 841 g/mol. The van der Waals surface area contributed by atoms with E-state index in [0.29, 0.717) is 56.8 Å². The van der Waals surface area contributed by atoms with Gasteiger partial charge < -0.3 is 32.7 Å². The molecule has 8 aromatic rings. The fourth-order valence-electron chi connectivity index (χ4n) is 6.61. The van der Waals surface area contributed by atoms with Crippen LogP contribution in [0.2, 0.25) is 0 Å². The molecule has 4 aromatic heterocycles. The van der Waals surface area contributed by atoms with Crippen molar-refractivity contribution in [3.05, 3.63) is 144 Å². The van der Waals surface area contributed by atoms with Crippen LogP contribution in [0, 0.1) is 0 Å². The first-order valence-corrected chi connectivity index (χ1v) is 22.3. The third-order valence-corrected chi connectivity index (χ3v) is 12.3. The van der Waals surface area contributed by atoms with Gasteiger partial charge in [0.1, 0.15) is 24.3 Å². The quantitative estimate of drug-likeness (QED) is 0.0418. The van der Waals surface area contributed by atoms with E-state index in [9.17, 15) is 9.59 Å². The minimum atomic E-state index is -0.306. The number of hydrogen-bond donors (Lipinski definition) is 6. The molecule has 0 spiro atoms. The smallest absolute Gasteiger partial charge is 0.251 e. The lowest BCUT2D eigenvalue weighted by Gasteiger charge is -2.16. The molecule has 14 nitrogen and oxygen atoms in total. The molecule has 0 aliphatic carbocycles. The Morgan fingerprint density at radius 2 is 0.938 bits per heavy atom. The average molecular weight is 887 g/mol. The highest BCUT2D eigenvalue weighted by molar-refractivity contribution is 7.99. The second kappa shape index (κ2) is 19.4. The van der Waals surface area contributed by atoms with E-state index in [-0.39, 0.29) is 36.7 Å². The zero-order valence-electron chi connectivity index (χ0n) is 35.6. The SMILES string of the molecule is CC(C)c1ccc2c(Nc3cc(C(=O)NCCNC(=O)c4ccc(Sc5ccc(N)cc5)c(Nc5ncnc6nc(C(C)C)ccc56)c4)ccc3Sc3ccc(N)cc3)ncnc2n1. The maximum absolute atomic E-state index is 13.6. The maximum atomic E-state index is 13.6. The monoisotopic (exact) mass is 886 g/mol. The standard InChI is InChI=1S/C48H46N12O2S2/c1-27(2)37-17-15-35-43(57-37)53-25-55-45(35)59-39-23-29(5-19-41(39)63-33-11-7-31(49)8-12-33)47(61)51-21-22-52-48(62)30-6-20-42(64-34-13-9-32(50)10-14-34)40(24-30)60-46-36-16-18-38(28(3)4)58-44(36)54-26-56-46/h5-20,23-28H,21-22,49-50H2,1-4H3,(H,51,61)(H,52,62)(H,53,55,57,59)(H,54,56,58,60). The van der Waals surface area contributed by atoms with Gasteiger partial charge in [0.05, 0.1) is 22.1 Å². The average Bonchev–Trinajstić information content (AvgIpc) is 3.30. The van der Waals surface area contributed by atoms with Gasteiger partial charge in [0.2, 0.25) is 0 Å². The first kappa shape index (κ1) is 43.4. The number of pyridine rings is 2. The summed E-state index contributed by atoms with van der Waals surface area (Å²) in [7, 11) is 0. The highest BCUT2D eigenvalue weighted by Crippen LogP contribution is 2.38. The lowest BCUT2D eigenvalue weighted by molar-refractivity contribution is 0.0927. The van der Waals surface area contributed by atoms with Gasteiger partial charge in [0.15, 0.2) is 11.3 Å². The van der Waals surface area contributed by atoms with Gasteiger partial charge >= 0.3 is 0 Å². The largest absolute Gasteiger partial charge is 0.399 e. The summed E-state index contributed by atoms with van der Waals surface area (Å²) >= 11 is 3.05. The number of nitrogen functional groups attached to an aromatic ring is 2. The number of carbonyl (C=O) groups is 2. The molecule has 0 radical (unpaired) electrons. The molecule has 16 heteroatoms. The molecule has 0 aliphatic heterocycles. The number of amides is 2. The summed E-state index contributed by atoms with van der Waals surface area (Å²) in [4.78, 5) is 58.3. The van der Waals surface area contributed by atoms with Crippen molar-refractivity contribution in [2.24, 2.45) is 0 Å². The van der Waals surface area contributed by atoms with Gasteiger partial charge in [-0.2, -0.15) is 0 Å². The van der Waals surface area contributed by atoms with Crippen LogP contribution in [0.3, 0.4) is 0 Å². The number of aromatic nitrogens is 6. The molecule has 8 N–H and O–H groups in total. The molecule has 0 fully saturated rings. The summed E-state index contributed by atoms with van der Waals surface area (Å²) in [5.74, 6) is 0.988. The molecule has 4 aromatic carbocycles. The number of benzene rings is 4. The Labute approximate surface area is 378 Å². The van der Waals surface area contributed by atoms with Gasteiger partial charge in [0.25, 0.3) is 11.8 Å². The molecule has 0 atom stereocenters. The molecule has 0 aliphatic rings. The molecule has 0 saturated heterocycles. The van der Waals surface area contributed by atoms with Gasteiger partial charge in [-0.15, -0.1) is 0 Å². The Morgan fingerprint density at radius 3 is 1.33 bits per heavy atom. The van der Waals surface area contributed by atoms with E-state index in [4.69, 9.17) is 21.4 Å². The lowest BCUT2D eigenvalue weighted by Crippen LogP contribution is -2.34. The van der Waals surface area contributed by atoms with E-state index >= 15 is 0 Å². The van der Waals surface area contributed by atoms with Crippen LogP contribution in [0.25, 0.3) is 22.1 Å². The predicted octanol–water partition coefficient (Wildman–Crippen LogP) is 9.72. The minimum Gasteiger partial charge on any atom is -0.399 e. The number of nitrogens with zero attached hydrogens (tertiary/aromatic N) is 6. The second-order valence-corrected chi connectivity index (χ2v) is 17.7. The van der Waals surface area contributed by atoms with Crippen LogP contribution >= 0.6 is 23.5 Å². The highest BCUT2D eigenvalue weighted by Gasteiger charge is 2.17. The van der Waals surface area contributed by atoms with Crippen LogP contribution in [-0.4, -0.2) is 54.8 Å². The number of fused-ring (bicyclic) bond motifs is 2. The zero-order valence-corrected chi connectivity index (χ0v) is 37.2. The van der Waals surface area contributed by atoms with Crippen LogP contribution in [0.15, 0.2) is 141 Å². The summed E-state index contributed by atoms with van der Waals surface area (Å²) in [6, 6.07) is 33.9. The molecule has 2 amide bonds. The molecule has 0 unspecified atom stereocenters. The van der Waals surface area contributed by atoms with Crippen LogP contribution in [0.5, 0.6) is 0 Å². The topological polar surface area (TPSA) is 212 Å². The van der Waals surface area contributed by atoms with Gasteiger partial charge in [-0.3, -0.25) is 9.59 Å². The Kier molecular flexibility index (Phi) is 13.1. The number of nitrogens with two attached hydrogens (primary N) is 2. The summed E-state index contributed by atoms with van der Waals surface area (Å²) in [6.07, 6.45) is 2.96. The Balaban J connectivity index is 0.976. The van der Waals surface area contributed by atoms with Gasteiger partial charge in [-0.05, 0) is 121 Å².